The summed E-state index contributed by atoms with van der Waals surface area (Å²) >= 11 is 0. The maximum atomic E-state index is 13.9. The smallest absolute Gasteiger partial charge is 0.280 e. The molecule has 1 aliphatic rings. The predicted octanol–water partition coefficient (Wildman–Crippen LogP) is 2.88. The van der Waals surface area contributed by atoms with Gasteiger partial charge in [0.15, 0.2) is 0 Å². The van der Waals surface area contributed by atoms with Gasteiger partial charge >= 0.3 is 0 Å². The number of pyridine rings is 1. The Morgan fingerprint density at radius 2 is 2.21 bits per heavy atom. The van der Waals surface area contributed by atoms with Crippen LogP contribution < -0.4 is 10.2 Å². The van der Waals surface area contributed by atoms with Crippen molar-refractivity contribution in [1.82, 2.24) is 10.3 Å². The van der Waals surface area contributed by atoms with Crippen LogP contribution in [0.5, 0.6) is 0 Å². The van der Waals surface area contributed by atoms with Crippen LogP contribution in [0, 0.1) is 0 Å². The van der Waals surface area contributed by atoms with Crippen LogP contribution >= 0.6 is 0 Å². The number of nitrogens with one attached hydrogen (secondary N) is 1. The van der Waals surface area contributed by atoms with Crippen LogP contribution in [-0.2, 0) is 0 Å². The molecule has 0 radical (unpaired) electrons. The topological polar surface area (TPSA) is 28.2 Å². The predicted molar refractivity (Wildman–Crippen MR) is 75.1 cm³/mol. The molecule has 3 nitrogen and oxygen atoms in total. The molecular formula is C14H23F2N3. The van der Waals surface area contributed by atoms with Gasteiger partial charge in [-0.05, 0) is 31.5 Å². The van der Waals surface area contributed by atoms with Crippen LogP contribution in [0.25, 0.3) is 0 Å². The summed E-state index contributed by atoms with van der Waals surface area (Å²) in [5, 5.41) is 2.70. The molecule has 2 heterocycles. The monoisotopic (exact) mass is 271 g/mol. The molecule has 0 unspecified atom stereocenters. The lowest BCUT2D eigenvalue weighted by Crippen LogP contribution is -2.56. The van der Waals surface area contributed by atoms with Gasteiger partial charge < -0.3 is 10.2 Å². The molecule has 1 fully saturated rings. The minimum absolute atomic E-state index is 0. The first kappa shape index (κ1) is 14.2. The first-order chi connectivity index (χ1) is 8.94. The lowest BCUT2D eigenvalue weighted by Gasteiger charge is -2.39. The molecule has 1 atom stereocenters. The molecule has 0 aliphatic carbocycles. The van der Waals surface area contributed by atoms with Crippen molar-refractivity contribution in [3.63, 3.8) is 0 Å². The molecule has 1 saturated heterocycles. The van der Waals surface area contributed by atoms with E-state index in [0.717, 1.165) is 11.4 Å². The van der Waals surface area contributed by atoms with Gasteiger partial charge in [-0.3, -0.25) is 4.98 Å². The Morgan fingerprint density at radius 3 is 2.68 bits per heavy atom. The minimum Gasteiger partial charge on any atom is -0.364 e. The lowest BCUT2D eigenvalue weighted by molar-refractivity contribution is -0.0402. The van der Waals surface area contributed by atoms with Crippen LogP contribution in [0.4, 0.5) is 14.5 Å². The highest BCUT2D eigenvalue weighted by molar-refractivity contribution is 5.46. The van der Waals surface area contributed by atoms with Crippen LogP contribution in [0.15, 0.2) is 18.3 Å². The Hall–Kier alpha value is -1.23. The molecule has 1 aromatic heterocycles. The number of hydrogen-bond acceptors (Lipinski definition) is 3. The maximum absolute atomic E-state index is 13.9. The van der Waals surface area contributed by atoms with Gasteiger partial charge in [0.25, 0.3) is 5.92 Å². The Kier molecular flexibility index (Phi) is 4.04. The van der Waals surface area contributed by atoms with E-state index in [9.17, 15) is 8.78 Å². The summed E-state index contributed by atoms with van der Waals surface area (Å²) in [7, 11) is 1.59. The van der Waals surface area contributed by atoms with Gasteiger partial charge in [-0.1, -0.05) is 13.8 Å². The summed E-state index contributed by atoms with van der Waals surface area (Å²) in [5.74, 6) is -2.35. The van der Waals surface area contributed by atoms with Gasteiger partial charge in [-0.25, -0.2) is 8.78 Å². The van der Waals surface area contributed by atoms with E-state index in [1.807, 2.05) is 12.1 Å². The third-order valence-corrected chi connectivity index (χ3v) is 3.68. The zero-order chi connectivity index (χ0) is 14.0. The van der Waals surface area contributed by atoms with Crippen molar-refractivity contribution in [1.29, 1.82) is 0 Å². The zero-order valence-electron chi connectivity index (χ0n) is 11.7. The number of alkyl halides is 2. The number of halogens is 2. The van der Waals surface area contributed by atoms with Gasteiger partial charge in [0.1, 0.15) is 0 Å². The van der Waals surface area contributed by atoms with Crippen molar-refractivity contribution < 1.29 is 10.2 Å². The molecule has 2 rings (SSSR count). The average molecular weight is 271 g/mol. The molecule has 5 heteroatoms. The Morgan fingerprint density at radius 1 is 1.47 bits per heavy atom. The van der Waals surface area contributed by atoms with Gasteiger partial charge in [-0.15, -0.1) is 0 Å². The van der Waals surface area contributed by atoms with Crippen molar-refractivity contribution in [2.24, 2.45) is 0 Å². The fourth-order valence-electron chi connectivity index (χ4n) is 2.44. The van der Waals surface area contributed by atoms with E-state index >= 15 is 0 Å². The number of rotatable bonds is 3. The molecule has 19 heavy (non-hydrogen) atoms. The molecule has 0 bridgehead atoms. The van der Waals surface area contributed by atoms with Crippen molar-refractivity contribution in [3.8, 4) is 0 Å². The van der Waals surface area contributed by atoms with Crippen LogP contribution in [0.2, 0.25) is 0 Å². The van der Waals surface area contributed by atoms with E-state index in [0.29, 0.717) is 18.9 Å². The van der Waals surface area contributed by atoms with Crippen molar-refractivity contribution in [3.05, 3.63) is 24.0 Å². The number of piperidine rings is 1. The number of anilines is 1. The van der Waals surface area contributed by atoms with Crippen molar-refractivity contribution in [2.45, 2.75) is 38.2 Å². The number of nitrogens with zero attached hydrogens (tertiary/aromatic N) is 2. The third-order valence-electron chi connectivity index (χ3n) is 3.68. The molecule has 108 valence electrons. The quantitative estimate of drug-likeness (QED) is 0.916. The molecule has 0 aromatic carbocycles. The van der Waals surface area contributed by atoms with E-state index in [1.165, 1.54) is 0 Å². The Bertz CT molecular complexity index is 423. The standard InChI is InChI=1S/C14H21F2N3.H2/c1-10(2)12-5-4-11(8-18-12)19-7-6-13(17-3)14(15,16)9-19;/h4-5,8,10,13,17H,6-7,9H2,1-3H3;1H/t13-;/m0./s1. The van der Waals surface area contributed by atoms with E-state index < -0.39 is 12.0 Å². The molecule has 1 aromatic rings. The van der Waals surface area contributed by atoms with Gasteiger partial charge in [0.2, 0.25) is 0 Å². The summed E-state index contributed by atoms with van der Waals surface area (Å²) in [6, 6.07) is 3.08. The average Bonchev–Trinajstić information content (AvgIpc) is 2.37. The van der Waals surface area contributed by atoms with Gasteiger partial charge in [-0.2, -0.15) is 0 Å². The normalized spacial score (nSPS) is 22.8. The Labute approximate surface area is 114 Å². The summed E-state index contributed by atoms with van der Waals surface area (Å²) in [6.07, 6.45) is 2.14. The first-order valence-electron chi connectivity index (χ1n) is 6.70. The first-order valence-corrected chi connectivity index (χ1v) is 6.70. The largest absolute Gasteiger partial charge is 0.364 e. The SMILES string of the molecule is CN[C@H]1CCN(c2ccc(C(C)C)nc2)CC1(F)F.[HH]. The lowest BCUT2D eigenvalue weighted by atomic mass is 10.0. The van der Waals surface area contributed by atoms with Crippen LogP contribution in [0.3, 0.4) is 0 Å². The Balaban J connectivity index is 0.00000200. The number of aromatic nitrogens is 1. The van der Waals surface area contributed by atoms with E-state index in [2.05, 4.69) is 24.1 Å². The van der Waals surface area contributed by atoms with Gasteiger partial charge in [0, 0.05) is 13.7 Å². The molecule has 1 N–H and O–H groups in total. The highest BCUT2D eigenvalue weighted by atomic mass is 19.3. The van der Waals surface area contributed by atoms with Crippen molar-refractivity contribution >= 4 is 5.69 Å². The highest BCUT2D eigenvalue weighted by Gasteiger charge is 2.43. The van der Waals surface area contributed by atoms with E-state index in [4.69, 9.17) is 0 Å². The second-order valence-electron chi connectivity index (χ2n) is 5.41. The van der Waals surface area contributed by atoms with Crippen molar-refractivity contribution in [2.75, 3.05) is 25.0 Å². The second kappa shape index (κ2) is 5.41. The molecular weight excluding hydrogens is 248 g/mol. The molecule has 1 aliphatic heterocycles. The zero-order valence-corrected chi connectivity index (χ0v) is 11.7. The summed E-state index contributed by atoms with van der Waals surface area (Å²) < 4.78 is 27.8. The van der Waals surface area contributed by atoms with E-state index in [-0.39, 0.29) is 7.97 Å². The molecule has 0 saturated carbocycles. The number of hydrogen-bond donors (Lipinski definition) is 1. The van der Waals surface area contributed by atoms with E-state index in [1.54, 1.807) is 18.1 Å². The minimum atomic E-state index is -2.70. The summed E-state index contributed by atoms with van der Waals surface area (Å²) in [4.78, 5) is 6.05. The molecule has 0 amide bonds. The van der Waals surface area contributed by atoms with Gasteiger partial charge in [0.05, 0.1) is 24.5 Å². The second-order valence-corrected chi connectivity index (χ2v) is 5.41. The summed E-state index contributed by atoms with van der Waals surface area (Å²) in [6.45, 7) is 4.51. The van der Waals surface area contributed by atoms with Crippen LogP contribution in [-0.4, -0.2) is 37.1 Å². The third kappa shape index (κ3) is 3.03. The fourth-order valence-corrected chi connectivity index (χ4v) is 2.44. The fraction of sp³-hybridized carbons (Fsp3) is 0.643. The molecule has 0 spiro atoms. The maximum Gasteiger partial charge on any atom is 0.280 e. The van der Waals surface area contributed by atoms with Crippen LogP contribution in [0.1, 0.15) is 33.3 Å². The summed E-state index contributed by atoms with van der Waals surface area (Å²) in [5.41, 5.74) is 1.76. The highest BCUT2D eigenvalue weighted by Crippen LogP contribution is 2.30.